The SMILES string of the molecule is COC(=O)[C@@H](N)CC(=O)CP(=O)(O)O. The van der Waals surface area contributed by atoms with Crippen molar-refractivity contribution in [1.82, 2.24) is 0 Å². The molecule has 0 aromatic heterocycles. The molecule has 0 radical (unpaired) electrons. The zero-order valence-corrected chi connectivity index (χ0v) is 8.44. The molecule has 1 atom stereocenters. The Morgan fingerprint density at radius 3 is 2.36 bits per heavy atom. The number of nitrogens with two attached hydrogens (primary N) is 1. The maximum Gasteiger partial charge on any atom is 0.332 e. The lowest BCUT2D eigenvalue weighted by Gasteiger charge is -2.08. The van der Waals surface area contributed by atoms with Crippen molar-refractivity contribution in [3.63, 3.8) is 0 Å². The fourth-order valence-electron chi connectivity index (χ4n) is 0.774. The number of rotatable bonds is 5. The Hall–Kier alpha value is -0.750. The number of ether oxygens (including phenoxy) is 1. The molecule has 7 nitrogen and oxygen atoms in total. The van der Waals surface area contributed by atoms with Gasteiger partial charge in [-0.2, -0.15) is 0 Å². The third-order valence-electron chi connectivity index (χ3n) is 1.33. The van der Waals surface area contributed by atoms with Gasteiger partial charge < -0.3 is 20.3 Å². The van der Waals surface area contributed by atoms with Crippen molar-refractivity contribution in [2.75, 3.05) is 13.3 Å². The number of carbonyl (C=O) groups is 2. The van der Waals surface area contributed by atoms with Gasteiger partial charge in [0.15, 0.2) is 0 Å². The highest BCUT2D eigenvalue weighted by Crippen LogP contribution is 2.34. The van der Waals surface area contributed by atoms with Crippen LogP contribution in [0.15, 0.2) is 0 Å². The number of esters is 1. The van der Waals surface area contributed by atoms with E-state index >= 15 is 0 Å². The monoisotopic (exact) mass is 225 g/mol. The molecule has 0 aliphatic carbocycles. The van der Waals surface area contributed by atoms with Gasteiger partial charge in [-0.3, -0.25) is 14.2 Å². The summed E-state index contributed by atoms with van der Waals surface area (Å²) in [5.74, 6) is -1.56. The Labute approximate surface area is 80.4 Å². The Morgan fingerprint density at radius 1 is 1.50 bits per heavy atom. The van der Waals surface area contributed by atoms with Crippen molar-refractivity contribution in [3.05, 3.63) is 0 Å². The van der Waals surface area contributed by atoms with Crippen molar-refractivity contribution in [2.45, 2.75) is 12.5 Å². The molecule has 0 amide bonds. The van der Waals surface area contributed by atoms with Crippen molar-refractivity contribution in [3.8, 4) is 0 Å². The molecule has 0 heterocycles. The number of ketones is 1. The van der Waals surface area contributed by atoms with E-state index in [1.807, 2.05) is 0 Å². The predicted molar refractivity (Wildman–Crippen MR) is 46.5 cm³/mol. The molecule has 0 bridgehead atoms. The third-order valence-corrected chi connectivity index (χ3v) is 2.10. The van der Waals surface area contributed by atoms with Gasteiger partial charge in [0.25, 0.3) is 0 Å². The van der Waals surface area contributed by atoms with Crippen LogP contribution in [0, 0.1) is 0 Å². The van der Waals surface area contributed by atoms with Crippen LogP contribution >= 0.6 is 7.60 Å². The molecule has 0 spiro atoms. The first-order valence-corrected chi connectivity index (χ1v) is 5.45. The number of carbonyl (C=O) groups excluding carboxylic acids is 2. The van der Waals surface area contributed by atoms with Crippen LogP contribution < -0.4 is 5.73 Å². The molecule has 0 aliphatic rings. The summed E-state index contributed by atoms with van der Waals surface area (Å²) in [4.78, 5) is 38.5. The average molecular weight is 225 g/mol. The van der Waals surface area contributed by atoms with E-state index in [-0.39, 0.29) is 0 Å². The van der Waals surface area contributed by atoms with Gasteiger partial charge in [0.05, 0.1) is 7.11 Å². The third kappa shape index (κ3) is 5.82. The van der Waals surface area contributed by atoms with Gasteiger partial charge in [0.2, 0.25) is 0 Å². The van der Waals surface area contributed by atoms with E-state index in [0.717, 1.165) is 7.11 Å². The van der Waals surface area contributed by atoms with E-state index in [2.05, 4.69) is 4.74 Å². The van der Waals surface area contributed by atoms with Crippen LogP contribution in [0.3, 0.4) is 0 Å². The number of hydrogen-bond acceptors (Lipinski definition) is 5. The summed E-state index contributed by atoms with van der Waals surface area (Å²) in [7, 11) is -3.27. The molecule has 14 heavy (non-hydrogen) atoms. The van der Waals surface area contributed by atoms with E-state index in [0.29, 0.717) is 0 Å². The minimum Gasteiger partial charge on any atom is -0.468 e. The lowest BCUT2D eigenvalue weighted by molar-refractivity contribution is -0.143. The van der Waals surface area contributed by atoms with Crippen molar-refractivity contribution >= 4 is 19.3 Å². The Morgan fingerprint density at radius 2 is 2.00 bits per heavy atom. The van der Waals surface area contributed by atoms with Gasteiger partial charge in [-0.15, -0.1) is 0 Å². The highest BCUT2D eigenvalue weighted by Gasteiger charge is 2.23. The fraction of sp³-hybridized carbons (Fsp3) is 0.667. The van der Waals surface area contributed by atoms with Gasteiger partial charge in [-0.1, -0.05) is 0 Å². The summed E-state index contributed by atoms with van der Waals surface area (Å²) in [5.41, 5.74) is 5.20. The Kier molecular flexibility index (Phi) is 4.93. The van der Waals surface area contributed by atoms with Crippen LogP contribution in [0.1, 0.15) is 6.42 Å². The summed E-state index contributed by atoms with van der Waals surface area (Å²) in [5, 5.41) is 0. The second-order valence-corrected chi connectivity index (χ2v) is 4.34. The van der Waals surface area contributed by atoms with Crippen molar-refractivity contribution < 1.29 is 28.7 Å². The van der Waals surface area contributed by atoms with Gasteiger partial charge >= 0.3 is 13.6 Å². The molecule has 0 saturated carbocycles. The molecule has 0 rings (SSSR count). The molecule has 8 heteroatoms. The van der Waals surface area contributed by atoms with Crippen LogP contribution in [0.4, 0.5) is 0 Å². The van der Waals surface area contributed by atoms with Crippen molar-refractivity contribution in [1.29, 1.82) is 0 Å². The zero-order valence-electron chi connectivity index (χ0n) is 7.54. The van der Waals surface area contributed by atoms with E-state index in [1.165, 1.54) is 0 Å². The molecular weight excluding hydrogens is 213 g/mol. The van der Waals surface area contributed by atoms with E-state index in [1.54, 1.807) is 0 Å². The standard InChI is InChI=1S/C6H12NO6P/c1-13-6(9)5(7)2-4(8)3-14(10,11)12/h5H,2-3,7H2,1H3,(H2,10,11,12)/t5-/m0/s1. The quantitative estimate of drug-likeness (QED) is 0.388. The first-order valence-electron chi connectivity index (χ1n) is 3.66. The fourth-order valence-corrected chi connectivity index (χ4v) is 1.36. The summed E-state index contributed by atoms with van der Waals surface area (Å²) in [6.07, 6.45) is -1.34. The first kappa shape index (κ1) is 13.2. The number of methoxy groups -OCH3 is 1. The summed E-state index contributed by atoms with van der Waals surface area (Å²) < 4.78 is 14.6. The number of hydrogen-bond donors (Lipinski definition) is 3. The number of Topliss-reactive ketones (excluding diaryl/α,β-unsaturated/α-hetero) is 1. The second kappa shape index (κ2) is 5.21. The molecule has 0 aromatic carbocycles. The average Bonchev–Trinajstić information content (AvgIpc) is 1.99. The molecule has 82 valence electrons. The van der Waals surface area contributed by atoms with E-state index in [9.17, 15) is 14.2 Å². The van der Waals surface area contributed by atoms with E-state index in [4.69, 9.17) is 15.5 Å². The predicted octanol–water partition coefficient (Wildman–Crippen LogP) is -1.38. The summed E-state index contributed by atoms with van der Waals surface area (Å²) in [6, 6.07) is -1.17. The van der Waals surface area contributed by atoms with Crippen LogP contribution in [0.25, 0.3) is 0 Å². The Balaban J connectivity index is 4.08. The van der Waals surface area contributed by atoms with Gasteiger partial charge in [-0.25, -0.2) is 0 Å². The smallest absolute Gasteiger partial charge is 0.332 e. The lowest BCUT2D eigenvalue weighted by atomic mass is 10.2. The topological polar surface area (TPSA) is 127 Å². The maximum absolute atomic E-state index is 10.9. The van der Waals surface area contributed by atoms with E-state index < -0.39 is 38.0 Å². The van der Waals surface area contributed by atoms with Crippen LogP contribution in [-0.2, 0) is 18.9 Å². The lowest BCUT2D eigenvalue weighted by Crippen LogP contribution is -2.34. The molecular formula is C6H12NO6P. The highest BCUT2D eigenvalue weighted by molar-refractivity contribution is 7.52. The molecule has 0 aromatic rings. The van der Waals surface area contributed by atoms with Crippen LogP contribution in [0.2, 0.25) is 0 Å². The highest BCUT2D eigenvalue weighted by atomic mass is 31.2. The molecule has 0 unspecified atom stereocenters. The second-order valence-electron chi connectivity index (χ2n) is 2.70. The minimum atomic E-state index is -4.37. The molecule has 0 saturated heterocycles. The normalized spacial score (nSPS) is 13.4. The Bertz CT molecular complexity index is 271. The first-order chi connectivity index (χ1) is 6.26. The van der Waals surface area contributed by atoms with Crippen molar-refractivity contribution in [2.24, 2.45) is 5.73 Å². The summed E-state index contributed by atoms with van der Waals surface area (Å²) >= 11 is 0. The summed E-state index contributed by atoms with van der Waals surface area (Å²) in [6.45, 7) is 0. The zero-order chi connectivity index (χ0) is 11.4. The maximum atomic E-state index is 10.9. The largest absolute Gasteiger partial charge is 0.468 e. The minimum absolute atomic E-state index is 0.433. The van der Waals surface area contributed by atoms with Gasteiger partial charge in [-0.05, 0) is 0 Å². The van der Waals surface area contributed by atoms with Gasteiger partial charge in [0, 0.05) is 6.42 Å². The van der Waals surface area contributed by atoms with Gasteiger partial charge in [0.1, 0.15) is 18.0 Å². The van der Waals surface area contributed by atoms with Crippen LogP contribution in [-0.4, -0.2) is 40.9 Å². The molecule has 0 aliphatic heterocycles. The molecule has 0 fully saturated rings. The van der Waals surface area contributed by atoms with Crippen LogP contribution in [0.5, 0.6) is 0 Å². The molecule has 4 N–H and O–H groups in total.